The number of halogens is 3. The quantitative estimate of drug-likeness (QED) is 0.480. The van der Waals surface area contributed by atoms with Gasteiger partial charge in [0.05, 0.1) is 5.56 Å². The number of rotatable bonds is 8. The summed E-state index contributed by atoms with van der Waals surface area (Å²) in [6.45, 7) is 3.83. The van der Waals surface area contributed by atoms with Crippen molar-refractivity contribution in [1.29, 1.82) is 0 Å². The van der Waals surface area contributed by atoms with Gasteiger partial charge in [0.25, 0.3) is 0 Å². The van der Waals surface area contributed by atoms with Crippen molar-refractivity contribution in [2.24, 2.45) is 0 Å². The third kappa shape index (κ3) is 5.70. The van der Waals surface area contributed by atoms with Crippen LogP contribution in [0.2, 0.25) is 0 Å². The number of hydrogen-bond acceptors (Lipinski definition) is 2. The second kappa shape index (κ2) is 8.81. The number of ether oxygens (including phenoxy) is 1. The molecule has 1 unspecified atom stereocenters. The van der Waals surface area contributed by atoms with E-state index in [-0.39, 0.29) is 12.0 Å². The summed E-state index contributed by atoms with van der Waals surface area (Å²) < 4.78 is 43.8. The molecule has 0 aromatic heterocycles. The SMILES string of the molecule is CCCCCCC(OC(=O)c1ccccc1CC)C(F)(F)F. The average molecular weight is 316 g/mol. The average Bonchev–Trinajstić information content (AvgIpc) is 2.49. The molecule has 5 heteroatoms. The number of benzene rings is 1. The summed E-state index contributed by atoms with van der Waals surface area (Å²) in [4.78, 5) is 12.0. The molecule has 1 aromatic carbocycles. The second-order valence-electron chi connectivity index (χ2n) is 5.30. The van der Waals surface area contributed by atoms with Gasteiger partial charge in [0.2, 0.25) is 0 Å². The molecule has 0 N–H and O–H groups in total. The minimum atomic E-state index is -4.52. The Hall–Kier alpha value is -1.52. The summed E-state index contributed by atoms with van der Waals surface area (Å²) in [5, 5.41) is 0. The molecule has 0 radical (unpaired) electrons. The van der Waals surface area contributed by atoms with Crippen LogP contribution in [-0.4, -0.2) is 18.2 Å². The van der Waals surface area contributed by atoms with Gasteiger partial charge < -0.3 is 4.74 Å². The number of carbonyl (C=O) groups excluding carboxylic acids is 1. The molecule has 0 spiro atoms. The van der Waals surface area contributed by atoms with Gasteiger partial charge >= 0.3 is 12.1 Å². The summed E-state index contributed by atoms with van der Waals surface area (Å²) in [6, 6.07) is 6.60. The van der Waals surface area contributed by atoms with Crippen LogP contribution >= 0.6 is 0 Å². The first-order valence-corrected chi connectivity index (χ1v) is 7.75. The van der Waals surface area contributed by atoms with Crippen molar-refractivity contribution in [3.05, 3.63) is 35.4 Å². The maximum absolute atomic E-state index is 13.0. The molecule has 124 valence electrons. The Balaban J connectivity index is 2.74. The number of esters is 1. The molecule has 2 nitrogen and oxygen atoms in total. The van der Waals surface area contributed by atoms with E-state index in [1.165, 1.54) is 6.07 Å². The third-order valence-corrected chi connectivity index (χ3v) is 3.55. The molecule has 0 aliphatic carbocycles. The van der Waals surface area contributed by atoms with E-state index in [0.29, 0.717) is 24.8 Å². The van der Waals surface area contributed by atoms with Crippen molar-refractivity contribution >= 4 is 5.97 Å². The maximum Gasteiger partial charge on any atom is 0.425 e. The zero-order valence-corrected chi connectivity index (χ0v) is 13.1. The minimum Gasteiger partial charge on any atom is -0.449 e. The van der Waals surface area contributed by atoms with E-state index in [2.05, 4.69) is 0 Å². The predicted molar refractivity (Wildman–Crippen MR) is 79.8 cm³/mol. The van der Waals surface area contributed by atoms with Crippen LogP contribution in [0.5, 0.6) is 0 Å². The first-order valence-electron chi connectivity index (χ1n) is 7.75. The lowest BCUT2D eigenvalue weighted by Crippen LogP contribution is -2.34. The van der Waals surface area contributed by atoms with Gasteiger partial charge in [-0.1, -0.05) is 51.3 Å². The second-order valence-corrected chi connectivity index (χ2v) is 5.30. The van der Waals surface area contributed by atoms with Crippen LogP contribution < -0.4 is 0 Å². The van der Waals surface area contributed by atoms with Gasteiger partial charge in [0.1, 0.15) is 0 Å². The Morgan fingerprint density at radius 3 is 2.41 bits per heavy atom. The molecule has 0 aliphatic rings. The van der Waals surface area contributed by atoms with Crippen LogP contribution in [0.1, 0.15) is 61.9 Å². The molecule has 0 amide bonds. The molecule has 1 rings (SSSR count). The van der Waals surface area contributed by atoms with E-state index in [1.807, 2.05) is 13.8 Å². The van der Waals surface area contributed by atoms with Gasteiger partial charge in [-0.3, -0.25) is 0 Å². The van der Waals surface area contributed by atoms with Gasteiger partial charge in [-0.2, -0.15) is 13.2 Å². The van der Waals surface area contributed by atoms with Crippen LogP contribution in [-0.2, 0) is 11.2 Å². The fourth-order valence-electron chi connectivity index (χ4n) is 2.27. The predicted octanol–water partition coefficient (Wildman–Crippen LogP) is 5.31. The molecule has 1 aromatic rings. The molecule has 0 heterocycles. The largest absolute Gasteiger partial charge is 0.449 e. The highest BCUT2D eigenvalue weighted by molar-refractivity contribution is 5.91. The van der Waals surface area contributed by atoms with Crippen molar-refractivity contribution in [2.75, 3.05) is 0 Å². The molecule has 0 fully saturated rings. The third-order valence-electron chi connectivity index (χ3n) is 3.55. The van der Waals surface area contributed by atoms with E-state index in [0.717, 1.165) is 12.8 Å². The van der Waals surface area contributed by atoms with Gasteiger partial charge in [-0.25, -0.2) is 4.79 Å². The Bertz CT molecular complexity index is 469. The fraction of sp³-hybridized carbons (Fsp3) is 0.588. The first-order chi connectivity index (χ1) is 10.4. The smallest absolute Gasteiger partial charge is 0.425 e. The lowest BCUT2D eigenvalue weighted by molar-refractivity contribution is -0.206. The minimum absolute atomic E-state index is 0.177. The number of aryl methyl sites for hydroxylation is 1. The summed E-state index contributed by atoms with van der Waals surface area (Å²) in [6.07, 6.45) is -3.21. The maximum atomic E-state index is 13.0. The number of hydrogen-bond donors (Lipinski definition) is 0. The molecule has 22 heavy (non-hydrogen) atoms. The molecular weight excluding hydrogens is 293 g/mol. The van der Waals surface area contributed by atoms with Crippen molar-refractivity contribution in [3.63, 3.8) is 0 Å². The van der Waals surface area contributed by atoms with Crippen LogP contribution in [0.15, 0.2) is 24.3 Å². The van der Waals surface area contributed by atoms with Gasteiger partial charge in [-0.05, 0) is 30.9 Å². The van der Waals surface area contributed by atoms with Crippen molar-refractivity contribution < 1.29 is 22.7 Å². The van der Waals surface area contributed by atoms with E-state index in [9.17, 15) is 18.0 Å². The molecule has 0 aliphatic heterocycles. The lowest BCUT2D eigenvalue weighted by atomic mass is 10.1. The summed E-state index contributed by atoms with van der Waals surface area (Å²) in [5.41, 5.74) is 0.909. The Kier molecular flexibility index (Phi) is 7.42. The number of unbranched alkanes of at least 4 members (excludes halogenated alkanes) is 3. The van der Waals surface area contributed by atoms with Crippen LogP contribution in [0.4, 0.5) is 13.2 Å². The highest BCUT2D eigenvalue weighted by atomic mass is 19.4. The summed E-state index contributed by atoms with van der Waals surface area (Å²) in [5.74, 6) is -0.893. The Morgan fingerprint density at radius 1 is 1.14 bits per heavy atom. The fourth-order valence-corrected chi connectivity index (χ4v) is 2.27. The molecule has 0 saturated heterocycles. The first kappa shape index (κ1) is 18.5. The van der Waals surface area contributed by atoms with Crippen molar-refractivity contribution in [1.82, 2.24) is 0 Å². The Labute approximate surface area is 129 Å². The summed E-state index contributed by atoms with van der Waals surface area (Å²) >= 11 is 0. The zero-order valence-electron chi connectivity index (χ0n) is 13.1. The van der Waals surface area contributed by atoms with Gasteiger partial charge in [-0.15, -0.1) is 0 Å². The van der Waals surface area contributed by atoms with Crippen LogP contribution in [0.25, 0.3) is 0 Å². The Morgan fingerprint density at radius 2 is 1.82 bits per heavy atom. The summed E-state index contributed by atoms with van der Waals surface area (Å²) in [7, 11) is 0. The van der Waals surface area contributed by atoms with E-state index in [4.69, 9.17) is 4.74 Å². The van der Waals surface area contributed by atoms with E-state index >= 15 is 0 Å². The zero-order chi connectivity index (χ0) is 16.6. The molecule has 0 bridgehead atoms. The highest BCUT2D eigenvalue weighted by Crippen LogP contribution is 2.28. The highest BCUT2D eigenvalue weighted by Gasteiger charge is 2.42. The number of carbonyl (C=O) groups is 1. The van der Waals surface area contributed by atoms with Gasteiger partial charge in [0.15, 0.2) is 6.10 Å². The normalized spacial score (nSPS) is 13.0. The van der Waals surface area contributed by atoms with E-state index in [1.54, 1.807) is 18.2 Å². The topological polar surface area (TPSA) is 26.3 Å². The molecule has 1 atom stereocenters. The van der Waals surface area contributed by atoms with Crippen LogP contribution in [0, 0.1) is 0 Å². The monoisotopic (exact) mass is 316 g/mol. The van der Waals surface area contributed by atoms with Crippen molar-refractivity contribution in [3.8, 4) is 0 Å². The molecule has 0 saturated carbocycles. The molecular formula is C17H23F3O2. The van der Waals surface area contributed by atoms with E-state index < -0.39 is 18.2 Å². The standard InChI is InChI=1S/C17H23F3O2/c1-3-5-6-7-12-15(17(18,19)20)22-16(21)14-11-9-8-10-13(14)4-2/h8-11,15H,3-7,12H2,1-2H3. The van der Waals surface area contributed by atoms with Gasteiger partial charge in [0, 0.05) is 0 Å². The lowest BCUT2D eigenvalue weighted by Gasteiger charge is -2.21. The van der Waals surface area contributed by atoms with Crippen molar-refractivity contribution in [2.45, 2.75) is 64.7 Å². The number of alkyl halides is 3. The van der Waals surface area contributed by atoms with Crippen LogP contribution in [0.3, 0.4) is 0 Å².